The molecule has 2 heterocycles. The molecule has 0 amide bonds. The number of hydrogen-bond donors (Lipinski definition) is 0. The Morgan fingerprint density at radius 2 is 1.04 bits per heavy atom. The average Bonchev–Trinajstić information content (AvgIpc) is 3.74. The topological polar surface area (TPSA) is 19.6 Å². The van der Waals surface area contributed by atoms with Crippen molar-refractivity contribution < 1.29 is 4.42 Å². The molecule has 10 rings (SSSR count). The summed E-state index contributed by atoms with van der Waals surface area (Å²) in [5.74, 6) is 0.312. The van der Waals surface area contributed by atoms with E-state index in [4.69, 9.17) is 4.42 Å². The molecule has 242 valence electrons. The number of benzene rings is 7. The Balaban J connectivity index is 1.04. The zero-order valence-corrected chi connectivity index (χ0v) is 27.9. The third-order valence-electron chi connectivity index (χ3n) is 10.4. The maximum atomic E-state index is 6.34. The van der Waals surface area contributed by atoms with E-state index in [1.54, 1.807) is 0 Å². The third-order valence-corrected chi connectivity index (χ3v) is 10.4. The van der Waals surface area contributed by atoms with Crippen LogP contribution in [-0.4, -0.2) is 6.04 Å². The molecule has 1 aromatic heterocycles. The summed E-state index contributed by atoms with van der Waals surface area (Å²) in [6.07, 6.45) is 9.04. The number of allylic oxidation sites excluding steroid dienone is 2. The highest BCUT2D eigenvalue weighted by Crippen LogP contribution is 2.49. The van der Waals surface area contributed by atoms with Crippen molar-refractivity contribution in [3.05, 3.63) is 200 Å². The molecule has 0 spiro atoms. The Kier molecular flexibility index (Phi) is 6.95. The van der Waals surface area contributed by atoms with Gasteiger partial charge in [-0.05, 0) is 94.5 Å². The first-order chi connectivity index (χ1) is 25.3. The van der Waals surface area contributed by atoms with E-state index in [0.29, 0.717) is 5.92 Å². The summed E-state index contributed by atoms with van der Waals surface area (Å²) >= 11 is 0. The highest BCUT2D eigenvalue weighted by molar-refractivity contribution is 6.06. The van der Waals surface area contributed by atoms with Gasteiger partial charge in [0.2, 0.25) is 0 Å². The van der Waals surface area contributed by atoms with Crippen molar-refractivity contribution in [1.29, 1.82) is 0 Å². The molecule has 3 nitrogen and oxygen atoms in total. The molecule has 0 saturated carbocycles. The predicted octanol–water partition coefficient (Wildman–Crippen LogP) is 13.1. The highest BCUT2D eigenvalue weighted by Gasteiger charge is 2.37. The molecule has 1 aliphatic heterocycles. The van der Waals surface area contributed by atoms with Crippen LogP contribution in [0.1, 0.15) is 11.5 Å². The van der Waals surface area contributed by atoms with Gasteiger partial charge in [0, 0.05) is 51.2 Å². The number of fused-ring (bicyclic) bond motifs is 6. The highest BCUT2D eigenvalue weighted by atomic mass is 16.3. The van der Waals surface area contributed by atoms with Crippen molar-refractivity contribution in [2.45, 2.75) is 12.0 Å². The molecule has 0 fully saturated rings. The molecule has 0 N–H and O–H groups in total. The molecule has 2 unspecified atom stereocenters. The van der Waals surface area contributed by atoms with Gasteiger partial charge in [-0.2, -0.15) is 0 Å². The molecule has 1 aliphatic carbocycles. The number of para-hydroxylation sites is 2. The van der Waals surface area contributed by atoms with Gasteiger partial charge in [0.05, 0.1) is 6.04 Å². The first-order valence-corrected chi connectivity index (χ1v) is 17.6. The smallest absolute Gasteiger partial charge is 0.137 e. The molecule has 0 radical (unpaired) electrons. The third kappa shape index (κ3) is 5.05. The van der Waals surface area contributed by atoms with Crippen molar-refractivity contribution in [3.63, 3.8) is 0 Å². The monoisotopic (exact) mass is 654 g/mol. The summed E-state index contributed by atoms with van der Waals surface area (Å²) in [7, 11) is 0. The molecule has 2 aliphatic rings. The Bertz CT molecular complexity index is 2580. The van der Waals surface area contributed by atoms with Crippen LogP contribution in [0.4, 0.5) is 28.4 Å². The minimum absolute atomic E-state index is 0.274. The van der Waals surface area contributed by atoms with Gasteiger partial charge in [0.15, 0.2) is 0 Å². The summed E-state index contributed by atoms with van der Waals surface area (Å²) in [6.45, 7) is 0. The number of anilines is 5. The van der Waals surface area contributed by atoms with Gasteiger partial charge in [0.25, 0.3) is 0 Å². The molecular weight excluding hydrogens is 621 g/mol. The van der Waals surface area contributed by atoms with Crippen molar-refractivity contribution in [2.24, 2.45) is 0 Å². The lowest BCUT2D eigenvalue weighted by Gasteiger charge is -2.28. The van der Waals surface area contributed by atoms with Crippen LogP contribution in [0.25, 0.3) is 44.2 Å². The second-order valence-corrected chi connectivity index (χ2v) is 13.3. The van der Waals surface area contributed by atoms with Crippen molar-refractivity contribution in [3.8, 4) is 22.3 Å². The molecule has 0 saturated heterocycles. The molecule has 7 aromatic carbocycles. The van der Waals surface area contributed by atoms with E-state index in [9.17, 15) is 0 Å². The van der Waals surface area contributed by atoms with Gasteiger partial charge < -0.3 is 14.2 Å². The fourth-order valence-electron chi connectivity index (χ4n) is 7.95. The van der Waals surface area contributed by atoms with E-state index in [2.05, 4.69) is 192 Å². The SMILES string of the molecule is C1=CC2c3cc(-c4ccc(N(c5ccc(-c6ccccc6)cc5)c5ccc6c(c5)oc5ccccc56)cc4)ccc3N(c3ccccc3)C2C=C1. The van der Waals surface area contributed by atoms with Gasteiger partial charge in [-0.15, -0.1) is 0 Å². The minimum atomic E-state index is 0.274. The second-order valence-electron chi connectivity index (χ2n) is 13.3. The van der Waals surface area contributed by atoms with E-state index in [1.807, 2.05) is 12.1 Å². The van der Waals surface area contributed by atoms with Crippen LogP contribution in [0.15, 0.2) is 199 Å². The van der Waals surface area contributed by atoms with Crippen molar-refractivity contribution >= 4 is 50.4 Å². The zero-order chi connectivity index (χ0) is 33.7. The lowest BCUT2D eigenvalue weighted by Crippen LogP contribution is -2.28. The van der Waals surface area contributed by atoms with Crippen LogP contribution >= 0.6 is 0 Å². The minimum Gasteiger partial charge on any atom is -0.456 e. The van der Waals surface area contributed by atoms with Crippen molar-refractivity contribution in [1.82, 2.24) is 0 Å². The van der Waals surface area contributed by atoms with E-state index < -0.39 is 0 Å². The summed E-state index contributed by atoms with van der Waals surface area (Å²) in [5, 5.41) is 2.26. The van der Waals surface area contributed by atoms with Crippen LogP contribution in [0.2, 0.25) is 0 Å². The van der Waals surface area contributed by atoms with Gasteiger partial charge in [-0.1, -0.05) is 121 Å². The van der Waals surface area contributed by atoms with Crippen LogP contribution < -0.4 is 9.80 Å². The number of nitrogens with zero attached hydrogens (tertiary/aromatic N) is 2. The van der Waals surface area contributed by atoms with E-state index in [-0.39, 0.29) is 6.04 Å². The standard InChI is InChI=1S/C48H34N2O/c1-3-11-33(12-4-1)34-19-24-38(25-20-34)49(40-28-29-43-42-16-8-10-18-47(42)51-48(43)32-40)39-26-21-35(22-27-39)36-23-30-46-44(31-36)41-15-7-9-17-45(41)50(46)37-13-5-2-6-14-37/h1-32,41,45H. The number of hydrogen-bond acceptors (Lipinski definition) is 3. The van der Waals surface area contributed by atoms with E-state index in [0.717, 1.165) is 39.0 Å². The first kappa shape index (κ1) is 29.3. The summed E-state index contributed by atoms with van der Waals surface area (Å²) < 4.78 is 6.34. The molecule has 51 heavy (non-hydrogen) atoms. The Labute approximate surface area is 297 Å². The summed E-state index contributed by atoms with van der Waals surface area (Å²) in [6, 6.07) is 61.1. The van der Waals surface area contributed by atoms with Gasteiger partial charge >= 0.3 is 0 Å². The number of rotatable bonds is 6. The van der Waals surface area contributed by atoms with Gasteiger partial charge in [-0.25, -0.2) is 0 Å². The van der Waals surface area contributed by atoms with Gasteiger partial charge in [0.1, 0.15) is 11.2 Å². The Hall–Kier alpha value is -6.58. The average molecular weight is 655 g/mol. The van der Waals surface area contributed by atoms with Gasteiger partial charge in [-0.3, -0.25) is 0 Å². The lowest BCUT2D eigenvalue weighted by atomic mass is 9.89. The first-order valence-electron chi connectivity index (χ1n) is 17.6. The van der Waals surface area contributed by atoms with E-state index in [1.165, 1.54) is 39.2 Å². The van der Waals surface area contributed by atoms with Crippen molar-refractivity contribution in [2.75, 3.05) is 9.80 Å². The summed E-state index contributed by atoms with van der Waals surface area (Å²) in [5.41, 5.74) is 13.7. The fraction of sp³-hybridized carbons (Fsp3) is 0.0417. The Morgan fingerprint density at radius 3 is 1.80 bits per heavy atom. The predicted molar refractivity (Wildman–Crippen MR) is 213 cm³/mol. The molecule has 8 aromatic rings. The number of furan rings is 1. The maximum absolute atomic E-state index is 6.34. The fourth-order valence-corrected chi connectivity index (χ4v) is 7.95. The zero-order valence-electron chi connectivity index (χ0n) is 27.9. The largest absolute Gasteiger partial charge is 0.456 e. The molecule has 3 heteroatoms. The van der Waals surface area contributed by atoms with Crippen LogP contribution in [0.3, 0.4) is 0 Å². The maximum Gasteiger partial charge on any atom is 0.137 e. The second kappa shape index (κ2) is 12.1. The van der Waals surface area contributed by atoms with E-state index >= 15 is 0 Å². The summed E-state index contributed by atoms with van der Waals surface area (Å²) in [4.78, 5) is 4.79. The molecule has 2 atom stereocenters. The van der Waals surface area contributed by atoms with Crippen LogP contribution in [-0.2, 0) is 0 Å². The Morgan fingerprint density at radius 1 is 0.451 bits per heavy atom. The molecule has 0 bridgehead atoms. The molecular formula is C48H34N2O. The normalized spacial score (nSPS) is 16.0. The van der Waals surface area contributed by atoms with Crippen LogP contribution in [0, 0.1) is 0 Å². The lowest BCUT2D eigenvalue weighted by molar-refractivity contribution is 0.669. The van der Waals surface area contributed by atoms with Crippen LogP contribution in [0.5, 0.6) is 0 Å². The quantitative estimate of drug-likeness (QED) is 0.178.